The van der Waals surface area contributed by atoms with Gasteiger partial charge in [0.2, 0.25) is 5.95 Å². The van der Waals surface area contributed by atoms with Gasteiger partial charge in [-0.1, -0.05) is 6.92 Å². The van der Waals surface area contributed by atoms with Crippen LogP contribution in [0, 0.1) is 6.92 Å². The fraction of sp³-hybridized carbons (Fsp3) is 0.556. The summed E-state index contributed by atoms with van der Waals surface area (Å²) in [6, 6.07) is 0. The van der Waals surface area contributed by atoms with Gasteiger partial charge in [0.25, 0.3) is 0 Å². The first-order valence-electron chi connectivity index (χ1n) is 4.24. The average Bonchev–Trinajstić information content (AvgIpc) is 2.06. The van der Waals surface area contributed by atoms with Crippen LogP contribution in [0.3, 0.4) is 0 Å². The molecular formula is C9H15N3. The molecule has 3 nitrogen and oxygen atoms in total. The van der Waals surface area contributed by atoms with Crippen LogP contribution in [-0.2, 0) is 0 Å². The third-order valence-corrected chi connectivity index (χ3v) is 1.67. The highest BCUT2D eigenvalue weighted by atomic mass is 15.2. The molecule has 0 aromatic carbocycles. The average molecular weight is 165 g/mol. The summed E-state index contributed by atoms with van der Waals surface area (Å²) in [4.78, 5) is 10.5. The van der Waals surface area contributed by atoms with Crippen molar-refractivity contribution >= 4 is 5.95 Å². The second kappa shape index (κ2) is 4.04. The summed E-state index contributed by atoms with van der Waals surface area (Å²) in [5.41, 5.74) is 1.10. The summed E-state index contributed by atoms with van der Waals surface area (Å²) in [6.07, 6.45) is 4.80. The first-order valence-corrected chi connectivity index (χ1v) is 4.24. The Hall–Kier alpha value is -1.12. The van der Waals surface area contributed by atoms with Gasteiger partial charge in [-0.15, -0.1) is 0 Å². The van der Waals surface area contributed by atoms with Gasteiger partial charge >= 0.3 is 0 Å². The maximum atomic E-state index is 4.21. The maximum Gasteiger partial charge on any atom is 0.224 e. The molecule has 1 aromatic heterocycles. The van der Waals surface area contributed by atoms with Crippen molar-refractivity contribution in [2.45, 2.75) is 20.3 Å². The van der Waals surface area contributed by atoms with Crippen LogP contribution in [-0.4, -0.2) is 23.6 Å². The summed E-state index contributed by atoms with van der Waals surface area (Å²) < 4.78 is 0. The van der Waals surface area contributed by atoms with Gasteiger partial charge in [-0.2, -0.15) is 0 Å². The van der Waals surface area contributed by atoms with Crippen LogP contribution in [0.25, 0.3) is 0 Å². The molecule has 0 amide bonds. The standard InChI is InChI=1S/C9H15N3/c1-4-5-12(3)9-10-6-8(2)7-11-9/h6-7H,4-5H2,1-3H3. The fourth-order valence-electron chi connectivity index (χ4n) is 1.02. The molecule has 1 heterocycles. The van der Waals surface area contributed by atoms with Crippen molar-refractivity contribution in [2.75, 3.05) is 18.5 Å². The molecule has 66 valence electrons. The summed E-state index contributed by atoms with van der Waals surface area (Å²) >= 11 is 0. The van der Waals surface area contributed by atoms with Gasteiger partial charge in [0.15, 0.2) is 0 Å². The van der Waals surface area contributed by atoms with Gasteiger partial charge < -0.3 is 4.90 Å². The highest BCUT2D eigenvalue weighted by molar-refractivity contribution is 5.27. The minimum Gasteiger partial charge on any atom is -0.344 e. The Labute approximate surface area is 73.5 Å². The van der Waals surface area contributed by atoms with Gasteiger partial charge in [0.1, 0.15) is 0 Å². The molecule has 0 aliphatic heterocycles. The number of hydrogen-bond donors (Lipinski definition) is 0. The Morgan fingerprint density at radius 3 is 2.42 bits per heavy atom. The highest BCUT2D eigenvalue weighted by Crippen LogP contribution is 2.03. The molecule has 0 saturated heterocycles. The smallest absolute Gasteiger partial charge is 0.224 e. The van der Waals surface area contributed by atoms with Crippen LogP contribution in [0.4, 0.5) is 5.95 Å². The first kappa shape index (κ1) is 8.97. The van der Waals surface area contributed by atoms with E-state index in [2.05, 4.69) is 21.8 Å². The fourth-order valence-corrected chi connectivity index (χ4v) is 1.02. The van der Waals surface area contributed by atoms with E-state index >= 15 is 0 Å². The molecule has 0 saturated carbocycles. The normalized spacial score (nSPS) is 9.92. The molecule has 0 aliphatic carbocycles. The summed E-state index contributed by atoms with van der Waals surface area (Å²) in [5.74, 6) is 0.808. The van der Waals surface area contributed by atoms with Crippen molar-refractivity contribution in [3.63, 3.8) is 0 Å². The summed E-state index contributed by atoms with van der Waals surface area (Å²) in [7, 11) is 2.01. The van der Waals surface area contributed by atoms with Crippen molar-refractivity contribution in [1.82, 2.24) is 9.97 Å². The molecular weight excluding hydrogens is 150 g/mol. The quantitative estimate of drug-likeness (QED) is 0.681. The van der Waals surface area contributed by atoms with Crippen molar-refractivity contribution in [2.24, 2.45) is 0 Å². The molecule has 0 fully saturated rings. The molecule has 0 N–H and O–H groups in total. The number of rotatable bonds is 3. The van der Waals surface area contributed by atoms with Crippen LogP contribution in [0.5, 0.6) is 0 Å². The SMILES string of the molecule is CCCN(C)c1ncc(C)cn1. The zero-order chi connectivity index (χ0) is 8.97. The van der Waals surface area contributed by atoms with Gasteiger partial charge in [0.05, 0.1) is 0 Å². The Balaban J connectivity index is 2.68. The summed E-state index contributed by atoms with van der Waals surface area (Å²) in [5, 5.41) is 0. The topological polar surface area (TPSA) is 29.0 Å². The third-order valence-electron chi connectivity index (χ3n) is 1.67. The van der Waals surface area contributed by atoms with E-state index in [1.165, 1.54) is 0 Å². The van der Waals surface area contributed by atoms with E-state index in [1.54, 1.807) is 0 Å². The van der Waals surface area contributed by atoms with Crippen LogP contribution < -0.4 is 4.90 Å². The number of hydrogen-bond acceptors (Lipinski definition) is 3. The highest BCUT2D eigenvalue weighted by Gasteiger charge is 2.00. The van der Waals surface area contributed by atoms with Crippen molar-refractivity contribution in [3.05, 3.63) is 18.0 Å². The van der Waals surface area contributed by atoms with Crippen LogP contribution in [0.1, 0.15) is 18.9 Å². The van der Waals surface area contributed by atoms with Crippen molar-refractivity contribution in [3.8, 4) is 0 Å². The number of aryl methyl sites for hydroxylation is 1. The largest absolute Gasteiger partial charge is 0.344 e. The molecule has 0 radical (unpaired) electrons. The lowest BCUT2D eigenvalue weighted by atomic mass is 10.4. The van der Waals surface area contributed by atoms with Crippen molar-refractivity contribution < 1.29 is 0 Å². The number of anilines is 1. The van der Waals surface area contributed by atoms with Gasteiger partial charge in [-0.3, -0.25) is 0 Å². The van der Waals surface area contributed by atoms with Gasteiger partial charge in [-0.05, 0) is 18.9 Å². The van der Waals surface area contributed by atoms with E-state index < -0.39 is 0 Å². The monoisotopic (exact) mass is 165 g/mol. The van der Waals surface area contributed by atoms with E-state index in [4.69, 9.17) is 0 Å². The first-order chi connectivity index (χ1) is 5.74. The second-order valence-electron chi connectivity index (χ2n) is 2.98. The molecule has 0 aliphatic rings. The minimum absolute atomic E-state index is 0.808. The Morgan fingerprint density at radius 1 is 1.33 bits per heavy atom. The predicted octanol–water partition coefficient (Wildman–Crippen LogP) is 1.63. The lowest BCUT2D eigenvalue weighted by molar-refractivity contribution is 0.817. The lowest BCUT2D eigenvalue weighted by Crippen LogP contribution is -2.20. The number of nitrogens with zero attached hydrogens (tertiary/aromatic N) is 3. The maximum absolute atomic E-state index is 4.21. The summed E-state index contributed by atoms with van der Waals surface area (Å²) in [6.45, 7) is 5.14. The van der Waals surface area contributed by atoms with E-state index in [9.17, 15) is 0 Å². The molecule has 1 aromatic rings. The van der Waals surface area contributed by atoms with Gasteiger partial charge in [0, 0.05) is 26.0 Å². The second-order valence-corrected chi connectivity index (χ2v) is 2.98. The van der Waals surface area contributed by atoms with E-state index in [0.717, 1.165) is 24.5 Å². The van der Waals surface area contributed by atoms with Crippen LogP contribution >= 0.6 is 0 Å². The molecule has 3 heteroatoms. The van der Waals surface area contributed by atoms with Crippen molar-refractivity contribution in [1.29, 1.82) is 0 Å². The Kier molecular flexibility index (Phi) is 3.02. The third kappa shape index (κ3) is 2.19. The minimum atomic E-state index is 0.808. The lowest BCUT2D eigenvalue weighted by Gasteiger charge is -2.14. The molecule has 0 unspecified atom stereocenters. The predicted molar refractivity (Wildman–Crippen MR) is 50.3 cm³/mol. The molecule has 0 atom stereocenters. The van der Waals surface area contributed by atoms with Crippen LogP contribution in [0.2, 0.25) is 0 Å². The number of aromatic nitrogens is 2. The molecule has 0 bridgehead atoms. The molecule has 0 spiro atoms. The van der Waals surface area contributed by atoms with E-state index in [0.29, 0.717) is 0 Å². The van der Waals surface area contributed by atoms with E-state index in [-0.39, 0.29) is 0 Å². The van der Waals surface area contributed by atoms with Gasteiger partial charge in [-0.25, -0.2) is 9.97 Å². The Morgan fingerprint density at radius 2 is 1.92 bits per heavy atom. The van der Waals surface area contributed by atoms with E-state index in [1.807, 2.05) is 26.4 Å². The molecule has 12 heavy (non-hydrogen) atoms. The zero-order valence-electron chi connectivity index (χ0n) is 7.91. The van der Waals surface area contributed by atoms with Crippen LogP contribution in [0.15, 0.2) is 12.4 Å². The molecule has 1 rings (SSSR count). The Bertz CT molecular complexity index is 230. The zero-order valence-corrected chi connectivity index (χ0v) is 7.91.